The average molecular weight is 286 g/mol. The van der Waals surface area contributed by atoms with Crippen LogP contribution in [0, 0.1) is 0 Å². The highest BCUT2D eigenvalue weighted by Gasteiger charge is 2.29. The van der Waals surface area contributed by atoms with Gasteiger partial charge in [0.2, 0.25) is 0 Å². The summed E-state index contributed by atoms with van der Waals surface area (Å²) < 4.78 is 4.94. The van der Waals surface area contributed by atoms with E-state index in [1.165, 1.54) is 25.4 Å². The van der Waals surface area contributed by atoms with Crippen LogP contribution >= 0.6 is 15.9 Å². The van der Waals surface area contributed by atoms with Gasteiger partial charge in [0.05, 0.1) is 11.8 Å². The Morgan fingerprint density at radius 3 is 2.88 bits per heavy atom. The molecule has 2 rings (SSSR count). The van der Waals surface area contributed by atoms with E-state index in [2.05, 4.69) is 15.9 Å². The molecule has 2 unspecified atom stereocenters. The zero-order chi connectivity index (χ0) is 11.5. The van der Waals surface area contributed by atoms with Crippen LogP contribution in [0.1, 0.15) is 36.0 Å². The average Bonchev–Trinajstić information content (AvgIpc) is 2.81. The molecule has 2 atom stereocenters. The third-order valence-electron chi connectivity index (χ3n) is 3.23. The van der Waals surface area contributed by atoms with Crippen molar-refractivity contribution in [3.8, 4) is 0 Å². The van der Waals surface area contributed by atoms with Crippen molar-refractivity contribution in [3.63, 3.8) is 0 Å². The van der Waals surface area contributed by atoms with E-state index in [9.17, 15) is 4.79 Å². The lowest BCUT2D eigenvalue weighted by atomic mass is 9.94. The van der Waals surface area contributed by atoms with Crippen LogP contribution in [0.25, 0.3) is 0 Å². The number of hydrogen-bond acceptors (Lipinski definition) is 2. The molecule has 1 saturated carbocycles. The number of furan rings is 1. The second kappa shape index (κ2) is 5.04. The molecule has 0 aromatic carbocycles. The van der Waals surface area contributed by atoms with Crippen molar-refractivity contribution < 1.29 is 9.21 Å². The van der Waals surface area contributed by atoms with Gasteiger partial charge in [-0.25, -0.2) is 0 Å². The summed E-state index contributed by atoms with van der Waals surface area (Å²) in [7, 11) is 1.87. The van der Waals surface area contributed by atoms with E-state index < -0.39 is 0 Å². The summed E-state index contributed by atoms with van der Waals surface area (Å²) in [5.74, 6) is 0.0464. The highest BCUT2D eigenvalue weighted by molar-refractivity contribution is 9.09. The van der Waals surface area contributed by atoms with E-state index in [0.29, 0.717) is 16.4 Å². The smallest absolute Gasteiger partial charge is 0.257 e. The molecule has 0 saturated heterocycles. The van der Waals surface area contributed by atoms with Gasteiger partial charge < -0.3 is 9.32 Å². The van der Waals surface area contributed by atoms with Gasteiger partial charge >= 0.3 is 0 Å². The van der Waals surface area contributed by atoms with E-state index in [4.69, 9.17) is 4.42 Å². The van der Waals surface area contributed by atoms with Crippen LogP contribution in [0.2, 0.25) is 0 Å². The standard InChI is InChI=1S/C12H16BrNO2/c1-14(11-5-3-2-4-10(11)13)12(15)9-6-7-16-8-9/h6-8,10-11H,2-5H2,1H3. The minimum atomic E-state index is 0.0464. The molecule has 1 aliphatic carbocycles. The highest BCUT2D eigenvalue weighted by atomic mass is 79.9. The molecule has 0 bridgehead atoms. The number of amides is 1. The zero-order valence-corrected chi connectivity index (χ0v) is 10.9. The van der Waals surface area contributed by atoms with E-state index >= 15 is 0 Å². The summed E-state index contributed by atoms with van der Waals surface area (Å²) in [5, 5.41) is 0. The minimum absolute atomic E-state index is 0.0464. The van der Waals surface area contributed by atoms with Crippen molar-refractivity contribution in [2.45, 2.75) is 36.6 Å². The molecular weight excluding hydrogens is 270 g/mol. The highest BCUT2D eigenvalue weighted by Crippen LogP contribution is 2.28. The molecule has 0 spiro atoms. The van der Waals surface area contributed by atoms with E-state index in [1.54, 1.807) is 6.07 Å². The number of nitrogens with zero attached hydrogens (tertiary/aromatic N) is 1. The van der Waals surface area contributed by atoms with Gasteiger partial charge in [0.25, 0.3) is 5.91 Å². The summed E-state index contributed by atoms with van der Waals surface area (Å²) in [5.41, 5.74) is 0.632. The first-order chi connectivity index (χ1) is 7.70. The maximum atomic E-state index is 12.1. The fourth-order valence-electron chi connectivity index (χ4n) is 2.24. The van der Waals surface area contributed by atoms with Crippen molar-refractivity contribution in [2.75, 3.05) is 7.05 Å². The van der Waals surface area contributed by atoms with Crippen LogP contribution in [-0.2, 0) is 0 Å². The molecule has 1 aromatic heterocycles. The Balaban J connectivity index is 2.06. The topological polar surface area (TPSA) is 33.5 Å². The lowest BCUT2D eigenvalue weighted by Gasteiger charge is -2.35. The van der Waals surface area contributed by atoms with Gasteiger partial charge in [0.15, 0.2) is 0 Å². The second-order valence-corrected chi connectivity index (χ2v) is 5.47. The molecule has 1 amide bonds. The SMILES string of the molecule is CN(C(=O)c1ccoc1)C1CCCCC1Br. The van der Waals surface area contributed by atoms with E-state index in [0.717, 1.165) is 12.8 Å². The Morgan fingerprint density at radius 2 is 2.25 bits per heavy atom. The minimum Gasteiger partial charge on any atom is -0.472 e. The third kappa shape index (κ3) is 2.32. The number of halogens is 1. The van der Waals surface area contributed by atoms with Gasteiger partial charge in [-0.3, -0.25) is 4.79 Å². The van der Waals surface area contributed by atoms with E-state index in [1.807, 2.05) is 11.9 Å². The van der Waals surface area contributed by atoms with Gasteiger partial charge in [0.1, 0.15) is 6.26 Å². The van der Waals surface area contributed by atoms with Gasteiger partial charge in [-0.05, 0) is 18.9 Å². The van der Waals surface area contributed by atoms with Crippen LogP contribution < -0.4 is 0 Å². The monoisotopic (exact) mass is 285 g/mol. The molecule has 4 heteroatoms. The second-order valence-electron chi connectivity index (χ2n) is 4.30. The Hall–Kier alpha value is -0.770. The van der Waals surface area contributed by atoms with Crippen LogP contribution in [0.5, 0.6) is 0 Å². The summed E-state index contributed by atoms with van der Waals surface area (Å²) in [6, 6.07) is 2.02. The van der Waals surface area contributed by atoms with Gasteiger partial charge in [-0.1, -0.05) is 28.8 Å². The lowest BCUT2D eigenvalue weighted by molar-refractivity contribution is 0.0704. The summed E-state index contributed by atoms with van der Waals surface area (Å²) in [4.78, 5) is 14.4. The molecular formula is C12H16BrNO2. The fraction of sp³-hybridized carbons (Fsp3) is 0.583. The number of hydrogen-bond donors (Lipinski definition) is 0. The fourth-order valence-corrected chi connectivity index (χ4v) is 3.19. The first kappa shape index (κ1) is 11.7. The molecule has 0 radical (unpaired) electrons. The Labute approximate surface area is 104 Å². The van der Waals surface area contributed by atoms with E-state index in [-0.39, 0.29) is 5.91 Å². The quantitative estimate of drug-likeness (QED) is 0.783. The van der Waals surface area contributed by atoms with Crippen molar-refractivity contribution in [3.05, 3.63) is 24.2 Å². The van der Waals surface area contributed by atoms with Gasteiger partial charge in [-0.2, -0.15) is 0 Å². The molecule has 0 aliphatic heterocycles. The van der Waals surface area contributed by atoms with Crippen molar-refractivity contribution in [1.29, 1.82) is 0 Å². The molecule has 1 fully saturated rings. The largest absolute Gasteiger partial charge is 0.472 e. The normalized spacial score (nSPS) is 25.4. The molecule has 88 valence electrons. The number of carbonyl (C=O) groups is 1. The number of carbonyl (C=O) groups excluding carboxylic acids is 1. The molecule has 1 aliphatic rings. The molecule has 1 heterocycles. The Kier molecular flexibility index (Phi) is 3.69. The maximum Gasteiger partial charge on any atom is 0.257 e. The Bertz CT molecular complexity index is 350. The molecule has 16 heavy (non-hydrogen) atoms. The predicted molar refractivity (Wildman–Crippen MR) is 65.8 cm³/mol. The first-order valence-electron chi connectivity index (χ1n) is 5.63. The summed E-state index contributed by atoms with van der Waals surface area (Å²) in [6.45, 7) is 0. The zero-order valence-electron chi connectivity index (χ0n) is 9.36. The summed E-state index contributed by atoms with van der Waals surface area (Å²) in [6.07, 6.45) is 7.72. The van der Waals surface area contributed by atoms with Crippen molar-refractivity contribution in [1.82, 2.24) is 4.90 Å². The number of alkyl halides is 1. The molecule has 1 aromatic rings. The number of rotatable bonds is 2. The first-order valence-corrected chi connectivity index (χ1v) is 6.55. The maximum absolute atomic E-state index is 12.1. The van der Waals surface area contributed by atoms with Crippen LogP contribution in [0.3, 0.4) is 0 Å². The van der Waals surface area contributed by atoms with Gasteiger partial charge in [-0.15, -0.1) is 0 Å². The summed E-state index contributed by atoms with van der Waals surface area (Å²) >= 11 is 3.67. The predicted octanol–water partition coefficient (Wildman–Crippen LogP) is 3.06. The third-order valence-corrected chi connectivity index (χ3v) is 4.30. The lowest BCUT2D eigenvalue weighted by Crippen LogP contribution is -2.43. The van der Waals surface area contributed by atoms with Gasteiger partial charge in [0, 0.05) is 17.9 Å². The molecule has 0 N–H and O–H groups in total. The van der Waals surface area contributed by atoms with Crippen LogP contribution in [0.4, 0.5) is 0 Å². The van der Waals surface area contributed by atoms with Crippen LogP contribution in [0.15, 0.2) is 23.0 Å². The van der Waals surface area contributed by atoms with Crippen LogP contribution in [-0.4, -0.2) is 28.7 Å². The van der Waals surface area contributed by atoms with Crippen molar-refractivity contribution in [2.24, 2.45) is 0 Å². The molecule has 3 nitrogen and oxygen atoms in total. The Morgan fingerprint density at radius 1 is 1.50 bits per heavy atom. The van der Waals surface area contributed by atoms with Crippen molar-refractivity contribution >= 4 is 21.8 Å².